The second-order valence-corrected chi connectivity index (χ2v) is 8.14. The fourth-order valence-electron chi connectivity index (χ4n) is 4.17. The first-order chi connectivity index (χ1) is 14.2. The van der Waals surface area contributed by atoms with Crippen molar-refractivity contribution in [3.63, 3.8) is 0 Å². The maximum Gasteiger partial charge on any atom is 0.246 e. The van der Waals surface area contributed by atoms with E-state index in [1.54, 1.807) is 11.0 Å². The molecular formula is C23H30N6. The van der Waals surface area contributed by atoms with E-state index in [1.165, 1.54) is 43.6 Å². The van der Waals surface area contributed by atoms with Crippen molar-refractivity contribution in [3.8, 4) is 5.69 Å². The topological polar surface area (TPSA) is 49.2 Å². The predicted octanol–water partition coefficient (Wildman–Crippen LogP) is 4.24. The van der Waals surface area contributed by atoms with Gasteiger partial charge < -0.3 is 10.2 Å². The van der Waals surface area contributed by atoms with Crippen molar-refractivity contribution >= 4 is 17.3 Å². The molecule has 1 N–H and O–H groups in total. The van der Waals surface area contributed by atoms with Gasteiger partial charge in [0.1, 0.15) is 6.33 Å². The Labute approximate surface area is 173 Å². The molecule has 0 unspecified atom stereocenters. The van der Waals surface area contributed by atoms with Crippen LogP contribution in [0.4, 0.5) is 17.3 Å². The molecule has 3 aromatic rings. The molecule has 5 rings (SSSR count). The van der Waals surface area contributed by atoms with Crippen molar-refractivity contribution < 1.29 is 1.43 Å². The first-order valence-electron chi connectivity index (χ1n) is 10.6. The third-order valence-corrected chi connectivity index (χ3v) is 5.79. The van der Waals surface area contributed by atoms with Crippen LogP contribution in [0.25, 0.3) is 5.69 Å². The van der Waals surface area contributed by atoms with Gasteiger partial charge >= 0.3 is 0 Å². The van der Waals surface area contributed by atoms with Crippen LogP contribution >= 0.6 is 0 Å². The monoisotopic (exact) mass is 390 g/mol. The summed E-state index contributed by atoms with van der Waals surface area (Å²) in [6.45, 7) is 6.77. The van der Waals surface area contributed by atoms with Gasteiger partial charge in [-0.3, -0.25) is 4.90 Å². The Hall–Kier alpha value is -2.86. The molecule has 0 radical (unpaired) electrons. The quantitative estimate of drug-likeness (QED) is 0.706. The lowest BCUT2D eigenvalue weighted by Gasteiger charge is -2.24. The summed E-state index contributed by atoms with van der Waals surface area (Å²) in [5.41, 5.74) is 4.57. The molecule has 1 saturated heterocycles. The van der Waals surface area contributed by atoms with Crippen molar-refractivity contribution in [3.05, 3.63) is 60.4 Å². The van der Waals surface area contributed by atoms with Crippen LogP contribution in [-0.4, -0.2) is 51.9 Å². The van der Waals surface area contributed by atoms with Crippen molar-refractivity contribution in [2.75, 3.05) is 36.4 Å². The van der Waals surface area contributed by atoms with Gasteiger partial charge in [-0.15, -0.1) is 5.10 Å². The van der Waals surface area contributed by atoms with Gasteiger partial charge in [-0.05, 0) is 62.1 Å². The summed E-state index contributed by atoms with van der Waals surface area (Å²) >= 11 is 0. The Morgan fingerprint density at radius 1 is 0.966 bits per heavy atom. The van der Waals surface area contributed by atoms with E-state index in [0.717, 1.165) is 30.5 Å². The predicted molar refractivity (Wildman–Crippen MR) is 119 cm³/mol. The SMILES string of the molecule is Cc1cc(Nc2ncn(-c3ccccc3)n2)cc(N2CCCN(C3CC3)CC2)c1.[HH]. The second-order valence-electron chi connectivity index (χ2n) is 8.14. The summed E-state index contributed by atoms with van der Waals surface area (Å²) in [4.78, 5) is 9.63. The highest BCUT2D eigenvalue weighted by molar-refractivity contribution is 5.64. The van der Waals surface area contributed by atoms with Gasteiger partial charge in [0.25, 0.3) is 0 Å². The zero-order chi connectivity index (χ0) is 19.6. The molecule has 1 aliphatic carbocycles. The summed E-state index contributed by atoms with van der Waals surface area (Å²) in [5.74, 6) is 0.612. The summed E-state index contributed by atoms with van der Waals surface area (Å²) in [7, 11) is 0. The molecule has 1 aromatic heterocycles. The van der Waals surface area contributed by atoms with Crippen LogP contribution in [0.3, 0.4) is 0 Å². The van der Waals surface area contributed by atoms with Gasteiger partial charge in [0.05, 0.1) is 5.69 Å². The Balaban J connectivity index is 0.00000218. The van der Waals surface area contributed by atoms with Crippen molar-refractivity contribution in [2.24, 2.45) is 0 Å². The molecule has 2 aromatic carbocycles. The van der Waals surface area contributed by atoms with Crippen LogP contribution in [0, 0.1) is 6.92 Å². The van der Waals surface area contributed by atoms with E-state index in [4.69, 9.17) is 0 Å². The molecule has 2 aliphatic rings. The highest BCUT2D eigenvalue weighted by Gasteiger charge is 2.30. The van der Waals surface area contributed by atoms with Gasteiger partial charge in [-0.1, -0.05) is 18.2 Å². The van der Waals surface area contributed by atoms with Gasteiger partial charge in [-0.2, -0.15) is 4.98 Å². The molecule has 0 bridgehead atoms. The number of aryl methyl sites for hydroxylation is 1. The number of nitrogens with one attached hydrogen (secondary N) is 1. The minimum absolute atomic E-state index is 0. The van der Waals surface area contributed by atoms with E-state index >= 15 is 0 Å². The van der Waals surface area contributed by atoms with Gasteiger partial charge in [0, 0.05) is 45.0 Å². The highest BCUT2D eigenvalue weighted by atomic mass is 15.4. The summed E-state index contributed by atoms with van der Waals surface area (Å²) < 4.78 is 1.79. The Morgan fingerprint density at radius 3 is 2.66 bits per heavy atom. The fourth-order valence-corrected chi connectivity index (χ4v) is 4.17. The van der Waals surface area contributed by atoms with E-state index in [-0.39, 0.29) is 1.43 Å². The minimum atomic E-state index is 0. The molecule has 29 heavy (non-hydrogen) atoms. The van der Waals surface area contributed by atoms with Crippen LogP contribution in [0.1, 0.15) is 26.3 Å². The number of rotatable bonds is 5. The number of para-hydroxylation sites is 1. The van der Waals surface area contributed by atoms with Crippen molar-refractivity contribution in [2.45, 2.75) is 32.2 Å². The first kappa shape index (κ1) is 18.2. The number of hydrogen-bond acceptors (Lipinski definition) is 5. The largest absolute Gasteiger partial charge is 0.370 e. The number of benzene rings is 2. The van der Waals surface area contributed by atoms with Crippen LogP contribution in [-0.2, 0) is 0 Å². The lowest BCUT2D eigenvalue weighted by molar-refractivity contribution is 0.283. The Bertz CT molecular complexity index is 969. The molecule has 2 heterocycles. The molecule has 1 aliphatic heterocycles. The van der Waals surface area contributed by atoms with Crippen LogP contribution in [0.5, 0.6) is 0 Å². The van der Waals surface area contributed by atoms with Gasteiger partial charge in [0.15, 0.2) is 0 Å². The molecule has 0 amide bonds. The van der Waals surface area contributed by atoms with Crippen molar-refractivity contribution in [1.82, 2.24) is 19.7 Å². The maximum absolute atomic E-state index is 4.57. The van der Waals surface area contributed by atoms with E-state index < -0.39 is 0 Å². The molecule has 2 fully saturated rings. The average molecular weight is 391 g/mol. The van der Waals surface area contributed by atoms with Crippen LogP contribution in [0.2, 0.25) is 0 Å². The Morgan fingerprint density at radius 2 is 1.83 bits per heavy atom. The summed E-state index contributed by atoms with van der Waals surface area (Å²) in [6, 6.07) is 17.6. The minimum Gasteiger partial charge on any atom is -0.370 e. The molecule has 6 heteroatoms. The molecule has 0 atom stereocenters. The molecule has 0 spiro atoms. The smallest absolute Gasteiger partial charge is 0.246 e. The number of anilines is 3. The molecule has 6 nitrogen and oxygen atoms in total. The number of hydrogen-bond donors (Lipinski definition) is 1. The standard InChI is InChI=1S/C23H28N6.H2/c1-18-14-19(25-23-24-17-29(26-23)21-6-3-2-4-7-21)16-22(15-18)28-11-5-10-27(12-13-28)20-8-9-20;/h2-4,6-7,14-17,20H,5,8-13H2,1H3,(H,25,26);1H. The lowest BCUT2D eigenvalue weighted by Crippen LogP contribution is -2.32. The van der Waals surface area contributed by atoms with Crippen LogP contribution in [0.15, 0.2) is 54.9 Å². The molecule has 1 saturated carbocycles. The van der Waals surface area contributed by atoms with Crippen molar-refractivity contribution in [1.29, 1.82) is 0 Å². The Kier molecular flexibility index (Phi) is 4.94. The third-order valence-electron chi connectivity index (χ3n) is 5.79. The van der Waals surface area contributed by atoms with E-state index in [0.29, 0.717) is 5.95 Å². The number of aromatic nitrogens is 3. The van der Waals surface area contributed by atoms with E-state index in [1.807, 2.05) is 30.3 Å². The zero-order valence-corrected chi connectivity index (χ0v) is 17.0. The molecule has 152 valence electrons. The maximum atomic E-state index is 4.57. The third kappa shape index (κ3) is 4.27. The van der Waals surface area contributed by atoms with E-state index in [2.05, 4.69) is 50.3 Å². The summed E-state index contributed by atoms with van der Waals surface area (Å²) in [5, 5.41) is 7.96. The van der Waals surface area contributed by atoms with Gasteiger partial charge in [-0.25, -0.2) is 4.68 Å². The number of nitrogens with zero attached hydrogens (tertiary/aromatic N) is 5. The second kappa shape index (κ2) is 7.87. The van der Waals surface area contributed by atoms with E-state index in [9.17, 15) is 0 Å². The highest BCUT2D eigenvalue weighted by Crippen LogP contribution is 2.29. The zero-order valence-electron chi connectivity index (χ0n) is 17.0. The average Bonchev–Trinajstić information content (AvgIpc) is 3.51. The van der Waals surface area contributed by atoms with Crippen LogP contribution < -0.4 is 10.2 Å². The summed E-state index contributed by atoms with van der Waals surface area (Å²) in [6.07, 6.45) is 5.76. The van der Waals surface area contributed by atoms with Gasteiger partial charge in [0.2, 0.25) is 5.95 Å². The fraction of sp³-hybridized carbons (Fsp3) is 0.391. The molecular weight excluding hydrogens is 360 g/mol. The first-order valence-corrected chi connectivity index (χ1v) is 10.6. The normalized spacial score (nSPS) is 17.9. The lowest BCUT2D eigenvalue weighted by atomic mass is 10.1.